The SMILES string of the molecule is O=C1NC(=S)N(c2cccc3ccccc23)C(=O)C1=Cc1ccc(N(CCCl)CCCl)cc1. The summed E-state index contributed by atoms with van der Waals surface area (Å²) >= 11 is 17.1. The highest BCUT2D eigenvalue weighted by Gasteiger charge is 2.35. The van der Waals surface area contributed by atoms with Gasteiger partial charge in [-0.15, -0.1) is 23.2 Å². The van der Waals surface area contributed by atoms with Gasteiger partial charge in [-0.05, 0) is 47.4 Å². The average molecular weight is 498 g/mol. The second-order valence-electron chi connectivity index (χ2n) is 7.41. The molecule has 3 aromatic carbocycles. The van der Waals surface area contributed by atoms with Gasteiger partial charge in [0.25, 0.3) is 11.8 Å². The second kappa shape index (κ2) is 10.3. The number of rotatable bonds is 7. The maximum Gasteiger partial charge on any atom is 0.270 e. The fraction of sp³-hybridized carbons (Fsp3) is 0.160. The molecule has 1 aliphatic heterocycles. The van der Waals surface area contributed by atoms with Gasteiger partial charge in [0.05, 0.1) is 5.69 Å². The van der Waals surface area contributed by atoms with Crippen molar-refractivity contribution in [1.82, 2.24) is 5.32 Å². The Hall–Kier alpha value is -2.93. The summed E-state index contributed by atoms with van der Waals surface area (Å²) < 4.78 is 0. The van der Waals surface area contributed by atoms with E-state index in [1.165, 1.54) is 4.90 Å². The monoisotopic (exact) mass is 497 g/mol. The fourth-order valence-corrected chi connectivity index (χ4v) is 4.48. The predicted molar refractivity (Wildman–Crippen MR) is 140 cm³/mol. The Morgan fingerprint density at radius 1 is 0.909 bits per heavy atom. The summed E-state index contributed by atoms with van der Waals surface area (Å²) in [5, 5.41) is 4.55. The van der Waals surface area contributed by atoms with E-state index in [-0.39, 0.29) is 10.7 Å². The maximum atomic E-state index is 13.4. The van der Waals surface area contributed by atoms with Gasteiger partial charge in [-0.1, -0.05) is 48.5 Å². The molecule has 168 valence electrons. The number of anilines is 2. The fourth-order valence-electron chi connectivity index (χ4n) is 3.80. The number of carbonyl (C=O) groups is 2. The van der Waals surface area contributed by atoms with E-state index in [1.807, 2.05) is 66.7 Å². The zero-order chi connectivity index (χ0) is 23.4. The van der Waals surface area contributed by atoms with Crippen molar-refractivity contribution >= 4 is 80.6 Å². The zero-order valence-electron chi connectivity index (χ0n) is 17.6. The molecule has 2 amide bonds. The average Bonchev–Trinajstić information content (AvgIpc) is 2.82. The highest BCUT2D eigenvalue weighted by Crippen LogP contribution is 2.30. The number of thiocarbonyl (C=S) groups is 1. The zero-order valence-corrected chi connectivity index (χ0v) is 20.0. The van der Waals surface area contributed by atoms with Gasteiger partial charge >= 0.3 is 0 Å². The van der Waals surface area contributed by atoms with Gasteiger partial charge in [-0.25, -0.2) is 0 Å². The van der Waals surface area contributed by atoms with Gasteiger partial charge in [0.2, 0.25) is 0 Å². The molecular formula is C25H21Cl2N3O2S. The Bertz CT molecular complexity index is 1230. The molecule has 0 aliphatic carbocycles. The highest BCUT2D eigenvalue weighted by atomic mass is 35.5. The first-order chi connectivity index (χ1) is 16.0. The second-order valence-corrected chi connectivity index (χ2v) is 8.56. The molecule has 0 saturated carbocycles. The molecule has 0 unspecified atom stereocenters. The number of hydrogen-bond donors (Lipinski definition) is 1. The van der Waals surface area contributed by atoms with Gasteiger partial charge in [0, 0.05) is 35.9 Å². The van der Waals surface area contributed by atoms with Crippen LogP contribution < -0.4 is 15.1 Å². The molecule has 0 radical (unpaired) electrons. The molecule has 3 aromatic rings. The minimum Gasteiger partial charge on any atom is -0.369 e. The summed E-state index contributed by atoms with van der Waals surface area (Å²) in [6.45, 7) is 1.35. The van der Waals surface area contributed by atoms with Crippen LogP contribution in [0.15, 0.2) is 72.3 Å². The number of fused-ring (bicyclic) bond motifs is 1. The normalized spacial score (nSPS) is 15.3. The third-order valence-electron chi connectivity index (χ3n) is 5.39. The first-order valence-electron chi connectivity index (χ1n) is 10.4. The van der Waals surface area contributed by atoms with Gasteiger partial charge in [-0.3, -0.25) is 19.8 Å². The summed E-state index contributed by atoms with van der Waals surface area (Å²) in [5.74, 6) is -0.00528. The molecule has 1 N–H and O–H groups in total. The molecule has 33 heavy (non-hydrogen) atoms. The number of alkyl halides is 2. The number of benzene rings is 3. The van der Waals surface area contributed by atoms with Gasteiger partial charge < -0.3 is 4.90 Å². The van der Waals surface area contributed by atoms with Crippen LogP contribution in [-0.4, -0.2) is 41.8 Å². The molecular weight excluding hydrogens is 477 g/mol. The number of hydrogen-bond acceptors (Lipinski definition) is 4. The van der Waals surface area contributed by atoms with Crippen molar-refractivity contribution in [1.29, 1.82) is 0 Å². The van der Waals surface area contributed by atoms with Crippen LogP contribution in [0.25, 0.3) is 16.8 Å². The maximum absolute atomic E-state index is 13.4. The quantitative estimate of drug-likeness (QED) is 0.217. The summed E-state index contributed by atoms with van der Waals surface area (Å²) in [7, 11) is 0. The Labute approximate surface area is 207 Å². The van der Waals surface area contributed by atoms with Gasteiger partial charge in [0.15, 0.2) is 5.11 Å². The lowest BCUT2D eigenvalue weighted by Gasteiger charge is -2.29. The lowest BCUT2D eigenvalue weighted by atomic mass is 10.0. The van der Waals surface area contributed by atoms with Crippen LogP contribution in [0.4, 0.5) is 11.4 Å². The molecule has 1 heterocycles. The molecule has 0 bridgehead atoms. The molecule has 0 aromatic heterocycles. The molecule has 1 fully saturated rings. The molecule has 1 saturated heterocycles. The molecule has 4 rings (SSSR count). The van der Waals surface area contributed by atoms with E-state index in [2.05, 4.69) is 10.2 Å². The van der Waals surface area contributed by atoms with E-state index < -0.39 is 11.8 Å². The molecule has 1 aliphatic rings. The first kappa shape index (κ1) is 23.2. The molecule has 8 heteroatoms. The summed E-state index contributed by atoms with van der Waals surface area (Å²) in [4.78, 5) is 29.5. The third-order valence-corrected chi connectivity index (χ3v) is 6.01. The van der Waals surface area contributed by atoms with Crippen LogP contribution >= 0.6 is 35.4 Å². The number of amides is 2. The first-order valence-corrected chi connectivity index (χ1v) is 11.9. The lowest BCUT2D eigenvalue weighted by Crippen LogP contribution is -2.54. The standard InChI is InChI=1S/C25H21Cl2N3O2S/c26-12-14-29(15-13-27)19-10-8-17(9-11-19)16-21-23(31)28-25(33)30(24(21)32)22-7-3-5-18-4-1-2-6-20(18)22/h1-11,16H,12-15H2,(H,28,31,33). The van der Waals surface area contributed by atoms with Crippen LogP contribution in [0.5, 0.6) is 0 Å². The number of halogens is 2. The van der Waals surface area contributed by atoms with E-state index in [0.717, 1.165) is 22.0 Å². The minimum absolute atomic E-state index is 0.0163. The molecule has 5 nitrogen and oxygen atoms in total. The van der Waals surface area contributed by atoms with Crippen LogP contribution in [0.2, 0.25) is 0 Å². The number of nitrogens with zero attached hydrogens (tertiary/aromatic N) is 2. The van der Waals surface area contributed by atoms with Crippen molar-refractivity contribution in [3.63, 3.8) is 0 Å². The third kappa shape index (κ3) is 4.88. The number of carbonyl (C=O) groups excluding carboxylic acids is 2. The molecule has 0 spiro atoms. The van der Waals surface area contributed by atoms with E-state index in [9.17, 15) is 9.59 Å². The van der Waals surface area contributed by atoms with Crippen molar-refractivity contribution in [2.24, 2.45) is 0 Å². The Balaban J connectivity index is 1.67. The van der Waals surface area contributed by atoms with Crippen LogP contribution in [0.1, 0.15) is 5.56 Å². The minimum atomic E-state index is -0.517. The summed E-state index contributed by atoms with van der Waals surface area (Å²) in [6, 6.07) is 20.9. The van der Waals surface area contributed by atoms with Crippen molar-refractivity contribution in [3.8, 4) is 0 Å². The largest absolute Gasteiger partial charge is 0.369 e. The van der Waals surface area contributed by atoms with E-state index in [1.54, 1.807) is 6.08 Å². The summed E-state index contributed by atoms with van der Waals surface area (Å²) in [5.41, 5.74) is 2.33. The van der Waals surface area contributed by atoms with Crippen LogP contribution in [0, 0.1) is 0 Å². The van der Waals surface area contributed by atoms with Gasteiger partial charge in [-0.2, -0.15) is 0 Å². The Morgan fingerprint density at radius 2 is 1.58 bits per heavy atom. The van der Waals surface area contributed by atoms with Gasteiger partial charge in [0.1, 0.15) is 5.57 Å². The van der Waals surface area contributed by atoms with E-state index >= 15 is 0 Å². The smallest absolute Gasteiger partial charge is 0.270 e. The molecule has 0 atom stereocenters. The van der Waals surface area contributed by atoms with Crippen LogP contribution in [-0.2, 0) is 9.59 Å². The van der Waals surface area contributed by atoms with Crippen molar-refractivity contribution < 1.29 is 9.59 Å². The Morgan fingerprint density at radius 3 is 2.27 bits per heavy atom. The predicted octanol–water partition coefficient (Wildman–Crippen LogP) is 4.96. The van der Waals surface area contributed by atoms with E-state index in [4.69, 9.17) is 35.4 Å². The van der Waals surface area contributed by atoms with Crippen molar-refractivity contribution in [2.75, 3.05) is 34.6 Å². The van der Waals surface area contributed by atoms with Crippen molar-refractivity contribution in [2.45, 2.75) is 0 Å². The van der Waals surface area contributed by atoms with E-state index in [0.29, 0.717) is 30.5 Å². The van der Waals surface area contributed by atoms with Crippen molar-refractivity contribution in [3.05, 3.63) is 77.9 Å². The Kier molecular flexibility index (Phi) is 7.28. The highest BCUT2D eigenvalue weighted by molar-refractivity contribution is 7.80. The van der Waals surface area contributed by atoms with Crippen LogP contribution in [0.3, 0.4) is 0 Å². The summed E-state index contributed by atoms with van der Waals surface area (Å²) in [6.07, 6.45) is 1.58. The topological polar surface area (TPSA) is 52.7 Å². The number of nitrogens with one attached hydrogen (secondary N) is 1. The lowest BCUT2D eigenvalue weighted by molar-refractivity contribution is -0.122.